The Hall–Kier alpha value is -1.70. The summed E-state index contributed by atoms with van der Waals surface area (Å²) in [6, 6.07) is 11.0. The molecule has 2 rings (SSSR count). The zero-order valence-electron chi connectivity index (χ0n) is 12.7. The third kappa shape index (κ3) is 3.55. The number of carbonyl (C=O) groups excluding carboxylic acids is 1. The number of rotatable bonds is 5. The lowest BCUT2D eigenvalue weighted by Crippen LogP contribution is -2.23. The predicted octanol–water partition coefficient (Wildman–Crippen LogP) is 2.24. The van der Waals surface area contributed by atoms with E-state index in [1.165, 1.54) is 31.5 Å². The van der Waals surface area contributed by atoms with Gasteiger partial charge in [-0.3, -0.25) is 4.79 Å². The summed E-state index contributed by atoms with van der Waals surface area (Å²) in [4.78, 5) is 13.4. The number of nitrogens with one attached hydrogen (secondary N) is 1. The van der Waals surface area contributed by atoms with Crippen LogP contribution < -0.4 is 5.32 Å². The van der Waals surface area contributed by atoms with Crippen molar-refractivity contribution in [1.29, 1.82) is 0 Å². The molecular weight excluding hydrogens is 320 g/mol. The molecular formula is C15H18N2O3S2. The Morgan fingerprint density at radius 3 is 2.45 bits per heavy atom. The Balaban J connectivity index is 2.15. The fourth-order valence-electron chi connectivity index (χ4n) is 1.90. The van der Waals surface area contributed by atoms with Gasteiger partial charge in [0.25, 0.3) is 5.91 Å². The summed E-state index contributed by atoms with van der Waals surface area (Å²) in [7, 11) is -0.576. The fourth-order valence-corrected chi connectivity index (χ4v) is 4.27. The standard InChI is InChI=1S/C15H18N2O3S2/c1-11-14(22(19,20)17(2)3)9-13(21-11)15(18)16-10-12-7-5-4-6-8-12/h4-9H,10H2,1-3H3,(H,16,18). The molecule has 1 aromatic carbocycles. The SMILES string of the molecule is Cc1sc(C(=O)NCc2ccccc2)cc1S(=O)(=O)N(C)C. The molecule has 1 heterocycles. The quantitative estimate of drug-likeness (QED) is 0.909. The van der Waals surface area contributed by atoms with Crippen molar-refractivity contribution in [1.82, 2.24) is 9.62 Å². The van der Waals surface area contributed by atoms with Crippen LogP contribution in [0.25, 0.3) is 0 Å². The highest BCUT2D eigenvalue weighted by Gasteiger charge is 2.24. The lowest BCUT2D eigenvalue weighted by molar-refractivity contribution is 0.0955. The van der Waals surface area contributed by atoms with E-state index in [2.05, 4.69) is 5.32 Å². The van der Waals surface area contributed by atoms with E-state index in [0.717, 1.165) is 9.87 Å². The van der Waals surface area contributed by atoms with Crippen molar-refractivity contribution in [3.8, 4) is 0 Å². The van der Waals surface area contributed by atoms with Crippen LogP contribution in [0.15, 0.2) is 41.3 Å². The molecule has 0 bridgehead atoms. The first-order valence-corrected chi connectivity index (χ1v) is 8.93. The minimum Gasteiger partial charge on any atom is -0.347 e. The Morgan fingerprint density at radius 2 is 1.86 bits per heavy atom. The molecule has 1 aromatic heterocycles. The number of benzene rings is 1. The second kappa shape index (κ2) is 6.60. The van der Waals surface area contributed by atoms with Crippen molar-refractivity contribution in [3.63, 3.8) is 0 Å². The summed E-state index contributed by atoms with van der Waals surface area (Å²) in [6.45, 7) is 2.11. The molecule has 1 amide bonds. The molecule has 0 radical (unpaired) electrons. The summed E-state index contributed by atoms with van der Waals surface area (Å²) in [5.74, 6) is -0.267. The molecule has 0 unspecified atom stereocenters. The van der Waals surface area contributed by atoms with Gasteiger partial charge >= 0.3 is 0 Å². The highest BCUT2D eigenvalue weighted by Crippen LogP contribution is 2.27. The van der Waals surface area contributed by atoms with Gasteiger partial charge in [0.05, 0.1) is 9.77 Å². The van der Waals surface area contributed by atoms with E-state index in [1.807, 2.05) is 30.3 Å². The van der Waals surface area contributed by atoms with Crippen LogP contribution in [0.4, 0.5) is 0 Å². The third-order valence-electron chi connectivity index (χ3n) is 3.15. The van der Waals surface area contributed by atoms with Gasteiger partial charge in [0.2, 0.25) is 10.0 Å². The average molecular weight is 338 g/mol. The van der Waals surface area contributed by atoms with E-state index < -0.39 is 10.0 Å². The second-order valence-corrected chi connectivity index (χ2v) is 8.36. The van der Waals surface area contributed by atoms with Crippen molar-refractivity contribution in [2.24, 2.45) is 0 Å². The van der Waals surface area contributed by atoms with Crippen LogP contribution in [-0.2, 0) is 16.6 Å². The predicted molar refractivity (Wildman–Crippen MR) is 87.5 cm³/mol. The smallest absolute Gasteiger partial charge is 0.261 e. The number of aryl methyl sites for hydroxylation is 1. The van der Waals surface area contributed by atoms with Crippen LogP contribution in [0, 0.1) is 6.92 Å². The lowest BCUT2D eigenvalue weighted by atomic mass is 10.2. The van der Waals surface area contributed by atoms with Gasteiger partial charge in [-0.1, -0.05) is 30.3 Å². The minimum absolute atomic E-state index is 0.187. The van der Waals surface area contributed by atoms with Crippen LogP contribution in [0.1, 0.15) is 20.1 Å². The molecule has 0 atom stereocenters. The maximum atomic E-state index is 12.2. The molecule has 0 aliphatic heterocycles. The average Bonchev–Trinajstić information content (AvgIpc) is 2.88. The van der Waals surface area contributed by atoms with Crippen molar-refractivity contribution in [2.75, 3.05) is 14.1 Å². The molecule has 0 spiro atoms. The van der Waals surface area contributed by atoms with Gasteiger partial charge in [0.1, 0.15) is 0 Å². The maximum Gasteiger partial charge on any atom is 0.261 e. The molecule has 1 N–H and O–H groups in total. The Morgan fingerprint density at radius 1 is 1.23 bits per heavy atom. The van der Waals surface area contributed by atoms with E-state index in [-0.39, 0.29) is 10.8 Å². The summed E-state index contributed by atoms with van der Waals surface area (Å²) in [6.07, 6.45) is 0. The summed E-state index contributed by atoms with van der Waals surface area (Å²) < 4.78 is 25.5. The number of nitrogens with zero attached hydrogens (tertiary/aromatic N) is 1. The van der Waals surface area contributed by atoms with Crippen LogP contribution in [-0.4, -0.2) is 32.7 Å². The Bertz CT molecular complexity index is 765. The zero-order chi connectivity index (χ0) is 16.3. The first-order chi connectivity index (χ1) is 10.3. The van der Waals surface area contributed by atoms with Crippen molar-refractivity contribution >= 4 is 27.3 Å². The van der Waals surface area contributed by atoms with E-state index in [0.29, 0.717) is 16.3 Å². The Labute approximate surface area is 134 Å². The summed E-state index contributed by atoms with van der Waals surface area (Å²) in [5, 5.41) is 2.80. The molecule has 7 heteroatoms. The van der Waals surface area contributed by atoms with Crippen molar-refractivity contribution in [3.05, 3.63) is 51.7 Å². The third-order valence-corrected chi connectivity index (χ3v) is 6.27. The Kier molecular flexibility index (Phi) is 5.00. The molecule has 0 fully saturated rings. The minimum atomic E-state index is -3.52. The van der Waals surface area contributed by atoms with Crippen molar-refractivity contribution in [2.45, 2.75) is 18.4 Å². The molecule has 2 aromatic rings. The van der Waals surface area contributed by atoms with E-state index in [4.69, 9.17) is 0 Å². The van der Waals surface area contributed by atoms with Crippen molar-refractivity contribution < 1.29 is 13.2 Å². The highest BCUT2D eigenvalue weighted by atomic mass is 32.2. The van der Waals surface area contributed by atoms with Crippen LogP contribution >= 0.6 is 11.3 Å². The first kappa shape index (κ1) is 16.7. The molecule has 0 aliphatic carbocycles. The zero-order valence-corrected chi connectivity index (χ0v) is 14.3. The van der Waals surface area contributed by atoms with E-state index in [1.54, 1.807) is 6.92 Å². The number of hydrogen-bond donors (Lipinski definition) is 1. The molecule has 0 saturated heterocycles. The second-order valence-electron chi connectivity index (χ2n) is 4.99. The van der Waals surface area contributed by atoms with Gasteiger partial charge in [-0.05, 0) is 18.6 Å². The number of sulfonamides is 1. The van der Waals surface area contributed by atoms with Crippen LogP contribution in [0.2, 0.25) is 0 Å². The summed E-state index contributed by atoms with van der Waals surface area (Å²) >= 11 is 1.18. The normalized spacial score (nSPS) is 11.6. The summed E-state index contributed by atoms with van der Waals surface area (Å²) in [5.41, 5.74) is 0.991. The lowest BCUT2D eigenvalue weighted by Gasteiger charge is -2.10. The number of carbonyl (C=O) groups is 1. The van der Waals surface area contributed by atoms with Gasteiger partial charge in [-0.15, -0.1) is 11.3 Å². The number of thiophene rings is 1. The molecule has 22 heavy (non-hydrogen) atoms. The van der Waals surface area contributed by atoms with Gasteiger partial charge in [0.15, 0.2) is 0 Å². The van der Waals surface area contributed by atoms with E-state index in [9.17, 15) is 13.2 Å². The van der Waals surface area contributed by atoms with Gasteiger partial charge in [0, 0.05) is 25.5 Å². The molecule has 118 valence electrons. The van der Waals surface area contributed by atoms with Crippen LogP contribution in [0.5, 0.6) is 0 Å². The monoisotopic (exact) mass is 338 g/mol. The number of amides is 1. The maximum absolute atomic E-state index is 12.2. The van der Waals surface area contributed by atoms with Crippen LogP contribution in [0.3, 0.4) is 0 Å². The van der Waals surface area contributed by atoms with Gasteiger partial charge < -0.3 is 5.32 Å². The topological polar surface area (TPSA) is 66.5 Å². The first-order valence-electron chi connectivity index (χ1n) is 6.67. The van der Waals surface area contributed by atoms with Gasteiger partial charge in [-0.2, -0.15) is 0 Å². The fraction of sp³-hybridized carbons (Fsp3) is 0.267. The molecule has 0 saturated carbocycles. The van der Waals surface area contributed by atoms with Gasteiger partial charge in [-0.25, -0.2) is 12.7 Å². The number of hydrogen-bond acceptors (Lipinski definition) is 4. The highest BCUT2D eigenvalue weighted by molar-refractivity contribution is 7.89. The largest absolute Gasteiger partial charge is 0.347 e. The molecule has 0 aliphatic rings. The molecule has 5 nitrogen and oxygen atoms in total. The van der Waals surface area contributed by atoms with E-state index >= 15 is 0 Å².